The molecule has 140 valence electrons. The van der Waals surface area contributed by atoms with E-state index in [9.17, 15) is 0 Å². The number of aliphatic imine (C=N–C) groups is 1. The van der Waals surface area contributed by atoms with Crippen LogP contribution in [-0.4, -0.2) is 43.1 Å². The van der Waals surface area contributed by atoms with Crippen molar-refractivity contribution < 1.29 is 4.42 Å². The molecule has 0 bridgehead atoms. The van der Waals surface area contributed by atoms with Crippen molar-refractivity contribution in [2.75, 3.05) is 26.2 Å². The maximum Gasteiger partial charge on any atom is 0.191 e. The van der Waals surface area contributed by atoms with Crippen LogP contribution < -0.4 is 10.6 Å². The van der Waals surface area contributed by atoms with E-state index in [1.807, 2.05) is 12.1 Å². The van der Waals surface area contributed by atoms with Crippen LogP contribution in [0.4, 0.5) is 0 Å². The van der Waals surface area contributed by atoms with Gasteiger partial charge in [-0.2, -0.15) is 0 Å². The minimum atomic E-state index is 0.439. The second-order valence-corrected chi connectivity index (χ2v) is 6.79. The Balaban J connectivity index is 1.50. The Hall–Kier alpha value is -2.27. The van der Waals surface area contributed by atoms with Crippen molar-refractivity contribution >= 4 is 5.96 Å². The number of nitrogens with one attached hydrogen (secondary N) is 2. The summed E-state index contributed by atoms with van der Waals surface area (Å²) in [6.45, 7) is 6.94. The first-order valence-electron chi connectivity index (χ1n) is 9.67. The standard InChI is InChI=1S/C21H30N4O/c1-2-22-21(23-13-12-20-11-7-15-26-20)24-19-10-6-14-25(17-19)16-18-8-4-3-5-9-18/h3-5,7-9,11,15,19H,2,6,10,12-14,16-17H2,1H3,(H2,22,23,24). The molecule has 0 aliphatic carbocycles. The molecule has 5 heteroatoms. The number of hydrogen-bond donors (Lipinski definition) is 2. The zero-order valence-corrected chi connectivity index (χ0v) is 15.7. The van der Waals surface area contributed by atoms with Crippen LogP contribution in [0.5, 0.6) is 0 Å². The highest BCUT2D eigenvalue weighted by Crippen LogP contribution is 2.13. The summed E-state index contributed by atoms with van der Waals surface area (Å²) in [7, 11) is 0. The normalized spacial score (nSPS) is 18.7. The molecule has 0 radical (unpaired) electrons. The van der Waals surface area contributed by atoms with Gasteiger partial charge < -0.3 is 15.1 Å². The SMILES string of the molecule is CCNC(=NCCc1ccco1)NC1CCCN(Cc2ccccc2)C1. The summed E-state index contributed by atoms with van der Waals surface area (Å²) in [5.74, 6) is 1.89. The fourth-order valence-electron chi connectivity index (χ4n) is 3.40. The number of hydrogen-bond acceptors (Lipinski definition) is 3. The molecule has 5 nitrogen and oxygen atoms in total. The molecule has 0 amide bonds. The summed E-state index contributed by atoms with van der Waals surface area (Å²) in [5, 5.41) is 6.98. The first kappa shape index (κ1) is 18.5. The van der Waals surface area contributed by atoms with Gasteiger partial charge in [-0.25, -0.2) is 0 Å². The number of nitrogens with zero attached hydrogens (tertiary/aromatic N) is 2. The fourth-order valence-corrected chi connectivity index (χ4v) is 3.40. The molecule has 1 aromatic carbocycles. The molecule has 1 aliphatic rings. The first-order valence-corrected chi connectivity index (χ1v) is 9.67. The molecule has 1 aliphatic heterocycles. The summed E-state index contributed by atoms with van der Waals surface area (Å²) in [6.07, 6.45) is 4.95. The van der Waals surface area contributed by atoms with Gasteiger partial charge >= 0.3 is 0 Å². The zero-order valence-electron chi connectivity index (χ0n) is 15.7. The molecule has 1 atom stereocenters. The number of likely N-dealkylation sites (tertiary alicyclic amines) is 1. The van der Waals surface area contributed by atoms with E-state index < -0.39 is 0 Å². The lowest BCUT2D eigenvalue weighted by Crippen LogP contribution is -2.51. The Kier molecular flexibility index (Phi) is 7.14. The quantitative estimate of drug-likeness (QED) is 0.593. The largest absolute Gasteiger partial charge is 0.469 e. The molecule has 2 N–H and O–H groups in total. The highest BCUT2D eigenvalue weighted by Gasteiger charge is 2.20. The molecule has 2 aromatic rings. The van der Waals surface area contributed by atoms with Crippen LogP contribution in [-0.2, 0) is 13.0 Å². The van der Waals surface area contributed by atoms with E-state index in [4.69, 9.17) is 9.41 Å². The molecule has 0 saturated carbocycles. The minimum Gasteiger partial charge on any atom is -0.469 e. The number of guanidine groups is 1. The average Bonchev–Trinajstić information content (AvgIpc) is 3.16. The van der Waals surface area contributed by atoms with Crippen LogP contribution in [0.1, 0.15) is 31.1 Å². The third-order valence-corrected chi connectivity index (χ3v) is 4.65. The predicted octanol–water partition coefficient (Wildman–Crippen LogP) is 3.04. The molecular formula is C21H30N4O. The van der Waals surface area contributed by atoms with Gasteiger partial charge in [0, 0.05) is 38.6 Å². The van der Waals surface area contributed by atoms with Gasteiger partial charge in [-0.05, 0) is 44.0 Å². The number of furan rings is 1. The molecule has 2 heterocycles. The van der Waals surface area contributed by atoms with Crippen LogP contribution in [0, 0.1) is 0 Å². The maximum absolute atomic E-state index is 5.38. The fraction of sp³-hybridized carbons (Fsp3) is 0.476. The Morgan fingerprint density at radius 1 is 1.23 bits per heavy atom. The molecule has 26 heavy (non-hydrogen) atoms. The Labute approximate surface area is 156 Å². The lowest BCUT2D eigenvalue weighted by Gasteiger charge is -2.34. The second-order valence-electron chi connectivity index (χ2n) is 6.79. The topological polar surface area (TPSA) is 52.8 Å². The van der Waals surface area contributed by atoms with Crippen LogP contribution >= 0.6 is 0 Å². The van der Waals surface area contributed by atoms with Crippen molar-refractivity contribution in [2.45, 2.75) is 38.8 Å². The van der Waals surface area contributed by atoms with E-state index in [2.05, 4.69) is 52.8 Å². The highest BCUT2D eigenvalue weighted by molar-refractivity contribution is 5.80. The molecule has 1 aromatic heterocycles. The third kappa shape index (κ3) is 5.92. The van der Waals surface area contributed by atoms with Gasteiger partial charge in [0.1, 0.15) is 5.76 Å². The van der Waals surface area contributed by atoms with Crippen molar-refractivity contribution in [1.82, 2.24) is 15.5 Å². The average molecular weight is 354 g/mol. The van der Waals surface area contributed by atoms with Crippen LogP contribution in [0.3, 0.4) is 0 Å². The summed E-state index contributed by atoms with van der Waals surface area (Å²) in [4.78, 5) is 7.24. The minimum absolute atomic E-state index is 0.439. The van der Waals surface area contributed by atoms with E-state index in [-0.39, 0.29) is 0 Å². The van der Waals surface area contributed by atoms with E-state index in [0.717, 1.165) is 44.3 Å². The summed E-state index contributed by atoms with van der Waals surface area (Å²) < 4.78 is 5.38. The van der Waals surface area contributed by atoms with Crippen LogP contribution in [0.25, 0.3) is 0 Å². The zero-order chi connectivity index (χ0) is 18.0. The lowest BCUT2D eigenvalue weighted by molar-refractivity contribution is 0.192. The molecular weight excluding hydrogens is 324 g/mol. The predicted molar refractivity (Wildman–Crippen MR) is 106 cm³/mol. The maximum atomic E-state index is 5.38. The van der Waals surface area contributed by atoms with Gasteiger partial charge in [-0.1, -0.05) is 30.3 Å². The van der Waals surface area contributed by atoms with Gasteiger partial charge in [-0.15, -0.1) is 0 Å². The van der Waals surface area contributed by atoms with Crippen molar-refractivity contribution in [3.8, 4) is 0 Å². The monoisotopic (exact) mass is 354 g/mol. The second kappa shape index (κ2) is 10.0. The number of piperidine rings is 1. The molecule has 1 saturated heterocycles. The summed E-state index contributed by atoms with van der Waals surface area (Å²) in [6, 6.07) is 15.1. The Bertz CT molecular complexity index is 654. The number of benzene rings is 1. The van der Waals surface area contributed by atoms with Gasteiger partial charge in [0.15, 0.2) is 5.96 Å². The molecule has 1 fully saturated rings. The lowest BCUT2D eigenvalue weighted by atomic mass is 10.0. The van der Waals surface area contributed by atoms with E-state index in [1.165, 1.54) is 24.9 Å². The van der Waals surface area contributed by atoms with E-state index in [1.54, 1.807) is 6.26 Å². The van der Waals surface area contributed by atoms with Crippen LogP contribution in [0.15, 0.2) is 58.1 Å². The first-order chi connectivity index (χ1) is 12.8. The van der Waals surface area contributed by atoms with Crippen molar-refractivity contribution in [2.24, 2.45) is 4.99 Å². The molecule has 0 spiro atoms. The Morgan fingerprint density at radius 3 is 2.88 bits per heavy atom. The molecule has 3 rings (SSSR count). The third-order valence-electron chi connectivity index (χ3n) is 4.65. The van der Waals surface area contributed by atoms with Crippen molar-refractivity contribution in [1.29, 1.82) is 0 Å². The molecule has 1 unspecified atom stereocenters. The van der Waals surface area contributed by atoms with Crippen LogP contribution in [0.2, 0.25) is 0 Å². The van der Waals surface area contributed by atoms with Gasteiger partial charge in [0.2, 0.25) is 0 Å². The van der Waals surface area contributed by atoms with Gasteiger partial charge in [0.25, 0.3) is 0 Å². The van der Waals surface area contributed by atoms with Gasteiger partial charge in [0.05, 0.1) is 6.26 Å². The van der Waals surface area contributed by atoms with Gasteiger partial charge in [-0.3, -0.25) is 9.89 Å². The van der Waals surface area contributed by atoms with E-state index in [0.29, 0.717) is 6.04 Å². The number of rotatable bonds is 7. The summed E-state index contributed by atoms with van der Waals surface area (Å²) >= 11 is 0. The van der Waals surface area contributed by atoms with Crippen molar-refractivity contribution in [3.63, 3.8) is 0 Å². The Morgan fingerprint density at radius 2 is 2.12 bits per heavy atom. The summed E-state index contributed by atoms with van der Waals surface area (Å²) in [5.41, 5.74) is 1.38. The smallest absolute Gasteiger partial charge is 0.191 e. The van der Waals surface area contributed by atoms with E-state index >= 15 is 0 Å². The highest BCUT2D eigenvalue weighted by atomic mass is 16.3. The van der Waals surface area contributed by atoms with Crippen molar-refractivity contribution in [3.05, 3.63) is 60.1 Å².